The van der Waals surface area contributed by atoms with Crippen LogP contribution in [-0.2, 0) is 10.0 Å². The molecule has 0 unspecified atom stereocenters. The van der Waals surface area contributed by atoms with Gasteiger partial charge in [0, 0.05) is 19.6 Å². The van der Waals surface area contributed by atoms with Crippen LogP contribution >= 0.6 is 15.9 Å². The molecule has 2 heterocycles. The zero-order valence-corrected chi connectivity index (χ0v) is 17.5. The van der Waals surface area contributed by atoms with Crippen LogP contribution in [-0.4, -0.2) is 60.2 Å². The second-order valence-corrected chi connectivity index (χ2v) is 8.84. The minimum absolute atomic E-state index is 0.0190. The van der Waals surface area contributed by atoms with Gasteiger partial charge in [0.2, 0.25) is 15.8 Å². The van der Waals surface area contributed by atoms with Crippen molar-refractivity contribution in [1.29, 1.82) is 0 Å². The molecule has 1 saturated heterocycles. The maximum absolute atomic E-state index is 13.4. The van der Waals surface area contributed by atoms with E-state index in [1.54, 1.807) is 5.01 Å². The van der Waals surface area contributed by atoms with Crippen molar-refractivity contribution in [3.05, 3.63) is 34.2 Å². The van der Waals surface area contributed by atoms with Crippen molar-refractivity contribution < 1.29 is 22.6 Å². The van der Waals surface area contributed by atoms with Crippen LogP contribution in [0, 0.1) is 5.82 Å². The lowest BCUT2D eigenvalue weighted by molar-refractivity contribution is 0.234. The highest BCUT2D eigenvalue weighted by molar-refractivity contribution is 9.10. The highest BCUT2D eigenvalue weighted by Gasteiger charge is 2.20. The number of sulfonamides is 1. The molecular formula is C15H19BrFN7O4S. The lowest BCUT2D eigenvalue weighted by Crippen LogP contribution is -2.42. The molecule has 0 bridgehead atoms. The summed E-state index contributed by atoms with van der Waals surface area (Å²) in [5, 5.41) is 21.2. The Hall–Kier alpha value is -2.13. The minimum atomic E-state index is -3.52. The number of amidine groups is 1. The number of hydroxylamine groups is 1. The number of anilines is 1. The Morgan fingerprint density at radius 3 is 2.79 bits per heavy atom. The number of benzene rings is 1. The predicted octanol–water partition coefficient (Wildman–Crippen LogP) is 1.37. The van der Waals surface area contributed by atoms with Crippen molar-refractivity contribution in [1.82, 2.24) is 25.6 Å². The normalized spacial score (nSPS) is 15.6. The first-order valence-corrected chi connectivity index (χ1v) is 11.1. The average Bonchev–Trinajstić information content (AvgIpc) is 3.34. The van der Waals surface area contributed by atoms with E-state index in [1.807, 2.05) is 5.48 Å². The Labute approximate surface area is 174 Å². The Kier molecular flexibility index (Phi) is 7.13. The van der Waals surface area contributed by atoms with Crippen molar-refractivity contribution in [2.24, 2.45) is 4.99 Å². The number of halogens is 2. The van der Waals surface area contributed by atoms with E-state index < -0.39 is 15.8 Å². The predicted molar refractivity (Wildman–Crippen MR) is 106 cm³/mol. The monoisotopic (exact) mass is 491 g/mol. The zero-order valence-electron chi connectivity index (χ0n) is 15.1. The van der Waals surface area contributed by atoms with E-state index >= 15 is 0 Å². The van der Waals surface area contributed by atoms with Crippen molar-refractivity contribution >= 4 is 43.3 Å². The molecule has 0 atom stereocenters. The molecule has 0 saturated carbocycles. The van der Waals surface area contributed by atoms with E-state index in [9.17, 15) is 18.0 Å². The SMILES string of the molecule is O=S(=O)(CCNc1nonc1C(=Nc1ccc(F)c(Br)c1)NO)NN1CCCC1. The molecule has 3 rings (SSSR count). The van der Waals surface area contributed by atoms with Gasteiger partial charge >= 0.3 is 0 Å². The van der Waals surface area contributed by atoms with Gasteiger partial charge in [-0.2, -0.15) is 0 Å². The number of hydrazine groups is 1. The fourth-order valence-electron chi connectivity index (χ4n) is 2.63. The average molecular weight is 492 g/mol. The highest BCUT2D eigenvalue weighted by Crippen LogP contribution is 2.23. The summed E-state index contributed by atoms with van der Waals surface area (Å²) >= 11 is 3.05. The van der Waals surface area contributed by atoms with Crippen molar-refractivity contribution in [2.75, 3.05) is 30.7 Å². The Morgan fingerprint density at radius 2 is 2.10 bits per heavy atom. The molecule has 2 aromatic rings. The molecule has 1 aliphatic rings. The van der Waals surface area contributed by atoms with E-state index in [2.05, 4.69) is 46.0 Å². The van der Waals surface area contributed by atoms with E-state index in [-0.39, 0.29) is 34.1 Å². The van der Waals surface area contributed by atoms with Crippen LogP contribution in [0.2, 0.25) is 0 Å². The summed E-state index contributed by atoms with van der Waals surface area (Å²) < 4.78 is 42.5. The van der Waals surface area contributed by atoms with Crippen LogP contribution in [0.4, 0.5) is 15.9 Å². The Bertz CT molecular complexity index is 979. The molecule has 1 aromatic carbocycles. The van der Waals surface area contributed by atoms with Gasteiger partial charge in [-0.3, -0.25) is 10.7 Å². The molecule has 0 aliphatic carbocycles. The van der Waals surface area contributed by atoms with Gasteiger partial charge in [0.1, 0.15) is 5.82 Å². The molecule has 0 amide bonds. The van der Waals surface area contributed by atoms with Gasteiger partial charge in [-0.1, -0.05) is 0 Å². The first-order chi connectivity index (χ1) is 13.9. The van der Waals surface area contributed by atoms with Crippen LogP contribution in [0.3, 0.4) is 0 Å². The number of hydrogen-bond donors (Lipinski definition) is 4. The van der Waals surface area contributed by atoms with Crippen molar-refractivity contribution in [2.45, 2.75) is 12.8 Å². The van der Waals surface area contributed by atoms with Crippen LogP contribution in [0.15, 0.2) is 32.3 Å². The maximum Gasteiger partial charge on any atom is 0.226 e. The second-order valence-electron chi connectivity index (χ2n) is 6.16. The van der Waals surface area contributed by atoms with Crippen LogP contribution in [0.25, 0.3) is 0 Å². The third-order valence-electron chi connectivity index (χ3n) is 4.00. The quantitative estimate of drug-likeness (QED) is 0.244. The summed E-state index contributed by atoms with van der Waals surface area (Å²) in [6.45, 7) is 1.39. The van der Waals surface area contributed by atoms with Gasteiger partial charge in [0.25, 0.3) is 0 Å². The summed E-state index contributed by atoms with van der Waals surface area (Å²) in [6, 6.07) is 4.01. The maximum atomic E-state index is 13.4. The molecule has 1 aliphatic heterocycles. The molecule has 1 fully saturated rings. The smallest absolute Gasteiger partial charge is 0.226 e. The molecular weight excluding hydrogens is 473 g/mol. The fraction of sp³-hybridized carbons (Fsp3) is 0.400. The number of rotatable bonds is 8. The molecule has 29 heavy (non-hydrogen) atoms. The standard InChI is InChI=1S/C15H19BrFN7O4S/c16-11-9-10(3-4-12(11)17)19-15(20-25)13-14(22-28-21-13)18-5-8-29(26,27)23-24-6-1-2-7-24/h3-4,9,23,25H,1-2,5-8H2,(H,18,22)(H,19,20). The van der Waals surface area contributed by atoms with Crippen LogP contribution in [0.1, 0.15) is 18.5 Å². The lowest BCUT2D eigenvalue weighted by Gasteiger charge is -2.16. The van der Waals surface area contributed by atoms with E-state index in [1.165, 1.54) is 18.2 Å². The molecule has 158 valence electrons. The fourth-order valence-corrected chi connectivity index (χ4v) is 4.03. The highest BCUT2D eigenvalue weighted by atomic mass is 79.9. The summed E-state index contributed by atoms with van der Waals surface area (Å²) in [6.07, 6.45) is 1.91. The Morgan fingerprint density at radius 1 is 1.34 bits per heavy atom. The first-order valence-electron chi connectivity index (χ1n) is 8.63. The largest absolute Gasteiger partial charge is 0.364 e. The van der Waals surface area contributed by atoms with E-state index in [0.29, 0.717) is 18.8 Å². The molecule has 4 N–H and O–H groups in total. The number of nitrogens with zero attached hydrogens (tertiary/aromatic N) is 4. The summed E-state index contributed by atoms with van der Waals surface area (Å²) in [4.78, 5) is 6.65. The summed E-state index contributed by atoms with van der Waals surface area (Å²) in [7, 11) is -3.52. The first kappa shape index (κ1) is 21.6. The topological polar surface area (TPSA) is 145 Å². The Balaban J connectivity index is 1.65. The van der Waals surface area contributed by atoms with Gasteiger partial charge in [-0.05, 0) is 57.3 Å². The van der Waals surface area contributed by atoms with Gasteiger partial charge in [-0.15, -0.1) is 4.83 Å². The molecule has 1 aromatic heterocycles. The molecule has 0 spiro atoms. The summed E-state index contributed by atoms with van der Waals surface area (Å²) in [5.41, 5.74) is 2.23. The number of nitrogens with one attached hydrogen (secondary N) is 3. The zero-order chi connectivity index (χ0) is 20.9. The molecule has 14 heteroatoms. The van der Waals surface area contributed by atoms with Gasteiger partial charge in [-0.25, -0.2) is 27.4 Å². The van der Waals surface area contributed by atoms with Crippen LogP contribution in [0.5, 0.6) is 0 Å². The number of aliphatic imine (C=N–C) groups is 1. The minimum Gasteiger partial charge on any atom is -0.364 e. The van der Waals surface area contributed by atoms with Crippen molar-refractivity contribution in [3.63, 3.8) is 0 Å². The van der Waals surface area contributed by atoms with Gasteiger partial charge in [0.15, 0.2) is 11.5 Å². The number of hydrogen-bond acceptors (Lipinski definition) is 9. The van der Waals surface area contributed by atoms with E-state index in [4.69, 9.17) is 0 Å². The van der Waals surface area contributed by atoms with E-state index in [0.717, 1.165) is 12.8 Å². The lowest BCUT2D eigenvalue weighted by atomic mass is 10.3. The third-order valence-corrected chi connectivity index (χ3v) is 5.89. The second kappa shape index (κ2) is 9.58. The molecule has 11 nitrogen and oxygen atoms in total. The number of aromatic nitrogens is 2. The van der Waals surface area contributed by atoms with Gasteiger partial charge in [0.05, 0.1) is 15.9 Å². The third kappa shape index (κ3) is 5.93. The molecule has 0 radical (unpaired) electrons. The van der Waals surface area contributed by atoms with Crippen molar-refractivity contribution in [3.8, 4) is 0 Å². The van der Waals surface area contributed by atoms with Crippen LogP contribution < -0.4 is 15.6 Å². The van der Waals surface area contributed by atoms with Gasteiger partial charge < -0.3 is 5.32 Å². The summed E-state index contributed by atoms with van der Waals surface area (Å²) in [5.74, 6) is -0.704.